The molecule has 1 saturated carbocycles. The second-order valence-electron chi connectivity index (χ2n) is 5.73. The molecule has 2 rings (SSSR count). The lowest BCUT2D eigenvalue weighted by atomic mass is 9.71. The van der Waals surface area contributed by atoms with Crippen molar-refractivity contribution in [2.45, 2.75) is 38.5 Å². The molecule has 0 aromatic heterocycles. The number of nitrogens with two attached hydrogens (primary N) is 1. The van der Waals surface area contributed by atoms with Crippen molar-refractivity contribution in [3.05, 3.63) is 27.4 Å². The summed E-state index contributed by atoms with van der Waals surface area (Å²) >= 11 is 9.20. The Morgan fingerprint density at radius 3 is 2.62 bits per heavy atom. The lowest BCUT2D eigenvalue weighted by molar-refractivity contribution is -0.118. The number of anilines is 1. The minimum absolute atomic E-state index is 0.110. The molecule has 1 aromatic rings. The fourth-order valence-electron chi connectivity index (χ4n) is 2.94. The summed E-state index contributed by atoms with van der Waals surface area (Å²) < 4.78 is 13.6. The Morgan fingerprint density at radius 2 is 2.05 bits per heavy atom. The molecular weight excluding hydrogens is 359 g/mol. The Morgan fingerprint density at radius 1 is 1.38 bits per heavy atom. The molecule has 1 aromatic carbocycles. The van der Waals surface area contributed by atoms with Gasteiger partial charge >= 0.3 is 0 Å². The average molecular weight is 378 g/mol. The van der Waals surface area contributed by atoms with Gasteiger partial charge in [-0.25, -0.2) is 4.39 Å². The Hall–Kier alpha value is -0.650. The smallest absolute Gasteiger partial charge is 0.225 e. The van der Waals surface area contributed by atoms with Crippen LogP contribution in [-0.2, 0) is 4.79 Å². The van der Waals surface area contributed by atoms with Gasteiger partial charge in [-0.05, 0) is 52.9 Å². The predicted molar refractivity (Wildman–Crippen MR) is 86.9 cm³/mol. The largest absolute Gasteiger partial charge is 0.330 e. The maximum absolute atomic E-state index is 13.2. The molecule has 0 radical (unpaired) electrons. The van der Waals surface area contributed by atoms with E-state index in [9.17, 15) is 9.18 Å². The van der Waals surface area contributed by atoms with Gasteiger partial charge in [0.15, 0.2) is 0 Å². The van der Waals surface area contributed by atoms with E-state index in [1.54, 1.807) is 0 Å². The number of amides is 1. The molecule has 0 saturated heterocycles. The maximum atomic E-state index is 13.2. The number of rotatable bonds is 4. The maximum Gasteiger partial charge on any atom is 0.225 e. The lowest BCUT2D eigenvalue weighted by Crippen LogP contribution is -2.36. The lowest BCUT2D eigenvalue weighted by Gasteiger charge is -2.35. The molecule has 1 aliphatic rings. The Kier molecular flexibility index (Phi) is 5.63. The normalized spacial score (nSPS) is 17.5. The van der Waals surface area contributed by atoms with Gasteiger partial charge in [0.25, 0.3) is 0 Å². The first-order valence-electron chi connectivity index (χ1n) is 7.10. The second-order valence-corrected chi connectivity index (χ2v) is 7.00. The Bertz CT molecular complexity index is 509. The number of nitrogens with one attached hydrogen (secondary N) is 1. The third kappa shape index (κ3) is 4.18. The molecule has 0 bridgehead atoms. The quantitative estimate of drug-likeness (QED) is 0.813. The van der Waals surface area contributed by atoms with Gasteiger partial charge in [-0.1, -0.05) is 30.9 Å². The van der Waals surface area contributed by atoms with Crippen molar-refractivity contribution >= 4 is 39.1 Å². The molecule has 6 heteroatoms. The van der Waals surface area contributed by atoms with E-state index in [4.69, 9.17) is 17.3 Å². The molecule has 3 N–H and O–H groups in total. The third-order valence-corrected chi connectivity index (χ3v) is 5.08. The van der Waals surface area contributed by atoms with Gasteiger partial charge < -0.3 is 11.1 Å². The Balaban J connectivity index is 2.08. The number of halogens is 3. The zero-order valence-corrected chi connectivity index (χ0v) is 14.1. The molecule has 0 aliphatic heterocycles. The Labute approximate surface area is 137 Å². The van der Waals surface area contributed by atoms with E-state index in [2.05, 4.69) is 21.2 Å². The fraction of sp³-hybridized carbons (Fsp3) is 0.533. The van der Waals surface area contributed by atoms with Crippen molar-refractivity contribution in [1.82, 2.24) is 0 Å². The number of benzene rings is 1. The van der Waals surface area contributed by atoms with Gasteiger partial charge in [0.2, 0.25) is 5.91 Å². The van der Waals surface area contributed by atoms with E-state index >= 15 is 0 Å². The molecule has 3 nitrogen and oxygen atoms in total. The first-order valence-corrected chi connectivity index (χ1v) is 8.27. The summed E-state index contributed by atoms with van der Waals surface area (Å²) in [5.74, 6) is -0.577. The number of hydrogen-bond donors (Lipinski definition) is 2. The van der Waals surface area contributed by atoms with E-state index in [0.29, 0.717) is 23.1 Å². The zero-order valence-electron chi connectivity index (χ0n) is 11.7. The van der Waals surface area contributed by atoms with Gasteiger partial charge in [-0.3, -0.25) is 4.79 Å². The molecular formula is C15H19BrClFN2O. The van der Waals surface area contributed by atoms with Crippen molar-refractivity contribution in [2.24, 2.45) is 11.1 Å². The predicted octanol–water partition coefficient (Wildman–Crippen LogP) is 4.48. The van der Waals surface area contributed by atoms with Gasteiger partial charge in [-0.2, -0.15) is 0 Å². The van der Waals surface area contributed by atoms with Crippen LogP contribution in [0.4, 0.5) is 10.1 Å². The molecule has 0 spiro atoms. The number of carbonyl (C=O) groups is 1. The van der Waals surface area contributed by atoms with Crippen LogP contribution in [0.25, 0.3) is 0 Å². The van der Waals surface area contributed by atoms with Crippen molar-refractivity contribution in [1.29, 1.82) is 0 Å². The third-order valence-electron chi connectivity index (χ3n) is 4.15. The van der Waals surface area contributed by atoms with Gasteiger partial charge in [-0.15, -0.1) is 0 Å². The van der Waals surface area contributed by atoms with Crippen LogP contribution >= 0.6 is 27.5 Å². The monoisotopic (exact) mass is 376 g/mol. The molecule has 116 valence electrons. The van der Waals surface area contributed by atoms with E-state index in [1.165, 1.54) is 18.6 Å². The summed E-state index contributed by atoms with van der Waals surface area (Å²) in [6, 6.07) is 2.46. The molecule has 0 unspecified atom stereocenters. The highest BCUT2D eigenvalue weighted by Gasteiger charge is 2.33. The minimum atomic E-state index is -0.449. The van der Waals surface area contributed by atoms with Crippen LogP contribution in [0.3, 0.4) is 0 Å². The van der Waals surface area contributed by atoms with Crippen LogP contribution in [0.5, 0.6) is 0 Å². The van der Waals surface area contributed by atoms with Gasteiger partial charge in [0.05, 0.1) is 10.7 Å². The second kappa shape index (κ2) is 7.07. The summed E-state index contributed by atoms with van der Waals surface area (Å²) in [5.41, 5.74) is 6.19. The van der Waals surface area contributed by atoms with Crippen molar-refractivity contribution in [3.63, 3.8) is 0 Å². The summed E-state index contributed by atoms with van der Waals surface area (Å²) in [6.45, 7) is 0.513. The summed E-state index contributed by atoms with van der Waals surface area (Å²) in [5, 5.41) is 2.95. The van der Waals surface area contributed by atoms with Crippen LogP contribution in [0.1, 0.15) is 38.5 Å². The average Bonchev–Trinajstić information content (AvgIpc) is 2.44. The SMILES string of the molecule is NCC1(CC(=O)Nc2c(Cl)cc(F)cc2Br)CCCCC1. The van der Waals surface area contributed by atoms with E-state index in [-0.39, 0.29) is 16.3 Å². The van der Waals surface area contributed by atoms with Crippen molar-refractivity contribution < 1.29 is 9.18 Å². The van der Waals surface area contributed by atoms with Gasteiger partial charge in [0.1, 0.15) is 5.82 Å². The molecule has 0 atom stereocenters. The molecule has 1 aliphatic carbocycles. The number of hydrogen-bond acceptors (Lipinski definition) is 2. The molecule has 0 heterocycles. The summed E-state index contributed by atoms with van der Waals surface area (Å²) in [4.78, 5) is 12.3. The number of carbonyl (C=O) groups excluding carboxylic acids is 1. The summed E-state index contributed by atoms with van der Waals surface area (Å²) in [6.07, 6.45) is 5.78. The molecule has 1 amide bonds. The first kappa shape index (κ1) is 16.7. The van der Waals surface area contributed by atoms with Crippen LogP contribution in [0.15, 0.2) is 16.6 Å². The molecule has 21 heavy (non-hydrogen) atoms. The van der Waals surface area contributed by atoms with Crippen molar-refractivity contribution in [2.75, 3.05) is 11.9 Å². The highest BCUT2D eigenvalue weighted by Crippen LogP contribution is 2.39. The zero-order chi connectivity index (χ0) is 15.5. The fourth-order valence-corrected chi connectivity index (χ4v) is 3.84. The van der Waals surface area contributed by atoms with Crippen LogP contribution in [0, 0.1) is 11.2 Å². The van der Waals surface area contributed by atoms with E-state index in [0.717, 1.165) is 25.7 Å². The minimum Gasteiger partial charge on any atom is -0.330 e. The summed E-state index contributed by atoms with van der Waals surface area (Å²) in [7, 11) is 0. The highest BCUT2D eigenvalue weighted by molar-refractivity contribution is 9.10. The van der Waals surface area contributed by atoms with Crippen molar-refractivity contribution in [3.8, 4) is 0 Å². The highest BCUT2D eigenvalue weighted by atomic mass is 79.9. The molecule has 1 fully saturated rings. The van der Waals surface area contributed by atoms with E-state index in [1.807, 2.05) is 0 Å². The van der Waals surface area contributed by atoms with Gasteiger partial charge in [0, 0.05) is 10.9 Å². The standard InChI is InChI=1S/C15H19BrClFN2O/c16-11-6-10(18)7-12(17)14(11)20-13(21)8-15(9-19)4-2-1-3-5-15/h6-7H,1-5,8-9,19H2,(H,20,21). The van der Waals surface area contributed by atoms with E-state index < -0.39 is 5.82 Å². The van der Waals surface area contributed by atoms with Crippen LogP contribution < -0.4 is 11.1 Å². The van der Waals surface area contributed by atoms with Crippen LogP contribution in [-0.4, -0.2) is 12.5 Å². The topological polar surface area (TPSA) is 55.1 Å². The first-order chi connectivity index (χ1) is 9.96. The van der Waals surface area contributed by atoms with Crippen LogP contribution in [0.2, 0.25) is 5.02 Å².